The first-order valence-corrected chi connectivity index (χ1v) is 12.4. The fraction of sp³-hybridized carbons (Fsp3) is 0.923. The van der Waals surface area contributed by atoms with Crippen LogP contribution in [0.25, 0.3) is 0 Å². The minimum atomic E-state index is -0.359. The molecule has 0 heterocycles. The second kappa shape index (κ2) is 8.17. The van der Waals surface area contributed by atoms with Gasteiger partial charge in [-0.15, -0.1) is 0 Å². The molecule has 4 rings (SSSR count). The third kappa shape index (κ3) is 3.50. The largest absolute Gasteiger partial charge is 0.396 e. The molecule has 2 unspecified atom stereocenters. The third-order valence-electron chi connectivity index (χ3n) is 10.4. The zero-order valence-electron chi connectivity index (χ0n) is 19.4. The maximum atomic E-state index is 11.3. The van der Waals surface area contributed by atoms with Gasteiger partial charge >= 0.3 is 0 Å². The minimum absolute atomic E-state index is 0.0861. The molecule has 0 aromatic carbocycles. The molecule has 4 aliphatic carbocycles. The lowest BCUT2D eigenvalue weighted by Crippen LogP contribution is -2.59. The standard InChI is InChI=1S/C26H44O4/c1-15(14-27)5-6-16(2)20-13-23(30)24-18-12-22(29)21-11-17(28)7-9-25(21,3)19(18)8-10-26(20,24)4/h5-6,15-24,27-30H,7-14H2,1-4H3/b6-5+/t15?,16-,17+,18-,19+,20-,21?,22+,23-,24-,25-,26-/m1/s1. The van der Waals surface area contributed by atoms with E-state index in [-0.39, 0.29) is 53.5 Å². The summed E-state index contributed by atoms with van der Waals surface area (Å²) < 4.78 is 0. The maximum Gasteiger partial charge on any atom is 0.0579 e. The lowest BCUT2D eigenvalue weighted by Gasteiger charge is -2.62. The number of aliphatic hydroxyl groups is 4. The molecule has 30 heavy (non-hydrogen) atoms. The molecule has 0 aromatic heterocycles. The summed E-state index contributed by atoms with van der Waals surface area (Å²) in [6.07, 6.45) is 10.0. The van der Waals surface area contributed by atoms with Crippen LogP contribution in [0.3, 0.4) is 0 Å². The van der Waals surface area contributed by atoms with Gasteiger partial charge in [-0.1, -0.05) is 39.8 Å². The van der Waals surface area contributed by atoms with Crippen LogP contribution in [0.4, 0.5) is 0 Å². The number of allylic oxidation sites excluding steroid dienone is 1. The first-order valence-electron chi connectivity index (χ1n) is 12.4. The normalized spacial score (nSPS) is 53.1. The SMILES string of the molecule is CC(/C=C/[C@@H](C)[C@H]1C[C@@H](O)[C@H]2[C@@H]3C[C@H](O)C4C[C@@H](O)CC[C@]4(C)[C@H]3CC[C@@]21C)CO. The molecule has 0 amide bonds. The van der Waals surface area contributed by atoms with Gasteiger partial charge in [0.1, 0.15) is 0 Å². The Kier molecular flexibility index (Phi) is 6.20. The molecular weight excluding hydrogens is 376 g/mol. The van der Waals surface area contributed by atoms with Crippen LogP contribution in [0.2, 0.25) is 0 Å². The summed E-state index contributed by atoms with van der Waals surface area (Å²) in [5.74, 6) is 2.37. The van der Waals surface area contributed by atoms with Crippen LogP contribution in [0.15, 0.2) is 12.2 Å². The van der Waals surface area contributed by atoms with Crippen molar-refractivity contribution < 1.29 is 20.4 Å². The van der Waals surface area contributed by atoms with Gasteiger partial charge in [-0.2, -0.15) is 0 Å². The fourth-order valence-electron chi connectivity index (χ4n) is 8.77. The predicted octanol–water partition coefficient (Wildman–Crippen LogP) is 3.77. The maximum absolute atomic E-state index is 11.3. The highest BCUT2D eigenvalue weighted by Crippen LogP contribution is 2.68. The average Bonchev–Trinajstić information content (AvgIpc) is 2.98. The second-order valence-corrected chi connectivity index (χ2v) is 12.0. The number of hydrogen-bond acceptors (Lipinski definition) is 4. The van der Waals surface area contributed by atoms with Gasteiger partial charge < -0.3 is 20.4 Å². The van der Waals surface area contributed by atoms with Crippen molar-refractivity contribution >= 4 is 0 Å². The second-order valence-electron chi connectivity index (χ2n) is 12.0. The molecule has 0 radical (unpaired) electrons. The van der Waals surface area contributed by atoms with E-state index >= 15 is 0 Å². The molecule has 12 atom stereocenters. The monoisotopic (exact) mass is 420 g/mol. The van der Waals surface area contributed by atoms with Crippen LogP contribution in [0.5, 0.6) is 0 Å². The molecule has 4 N–H and O–H groups in total. The molecule has 0 aromatic rings. The van der Waals surface area contributed by atoms with E-state index < -0.39 is 0 Å². The summed E-state index contributed by atoms with van der Waals surface area (Å²) in [6, 6.07) is 0. The van der Waals surface area contributed by atoms with Crippen molar-refractivity contribution in [3.05, 3.63) is 12.2 Å². The molecule has 4 aliphatic rings. The van der Waals surface area contributed by atoms with E-state index in [4.69, 9.17) is 0 Å². The molecule has 0 bridgehead atoms. The van der Waals surface area contributed by atoms with E-state index in [1.807, 2.05) is 6.92 Å². The number of hydrogen-bond donors (Lipinski definition) is 4. The smallest absolute Gasteiger partial charge is 0.0579 e. The van der Waals surface area contributed by atoms with Gasteiger partial charge in [-0.25, -0.2) is 0 Å². The van der Waals surface area contributed by atoms with Crippen LogP contribution >= 0.6 is 0 Å². The predicted molar refractivity (Wildman–Crippen MR) is 119 cm³/mol. The van der Waals surface area contributed by atoms with Gasteiger partial charge in [0.05, 0.1) is 18.3 Å². The van der Waals surface area contributed by atoms with E-state index in [1.54, 1.807) is 0 Å². The Bertz CT molecular complexity index is 649. The molecule has 4 heteroatoms. The van der Waals surface area contributed by atoms with Crippen molar-refractivity contribution in [1.29, 1.82) is 0 Å². The molecule has 4 saturated carbocycles. The van der Waals surface area contributed by atoms with Crippen molar-refractivity contribution in [3.8, 4) is 0 Å². The summed E-state index contributed by atoms with van der Waals surface area (Å²) in [6.45, 7) is 9.25. The zero-order valence-corrected chi connectivity index (χ0v) is 19.4. The van der Waals surface area contributed by atoms with Crippen molar-refractivity contribution in [3.63, 3.8) is 0 Å². The van der Waals surface area contributed by atoms with E-state index in [0.29, 0.717) is 23.7 Å². The number of aliphatic hydroxyl groups excluding tert-OH is 4. The Labute approximate surface area is 182 Å². The van der Waals surface area contributed by atoms with E-state index in [0.717, 1.165) is 38.5 Å². The Hall–Kier alpha value is -0.420. The zero-order chi connectivity index (χ0) is 21.8. The average molecular weight is 421 g/mol. The Morgan fingerprint density at radius 2 is 1.57 bits per heavy atom. The third-order valence-corrected chi connectivity index (χ3v) is 10.4. The van der Waals surface area contributed by atoms with Crippen molar-refractivity contribution in [2.24, 2.45) is 52.3 Å². The molecule has 0 spiro atoms. The summed E-state index contributed by atoms with van der Waals surface area (Å²) in [4.78, 5) is 0. The van der Waals surface area contributed by atoms with E-state index in [2.05, 4.69) is 32.9 Å². The summed E-state index contributed by atoms with van der Waals surface area (Å²) >= 11 is 0. The van der Waals surface area contributed by atoms with Gasteiger partial charge in [-0.3, -0.25) is 0 Å². The van der Waals surface area contributed by atoms with Gasteiger partial charge in [0.2, 0.25) is 0 Å². The van der Waals surface area contributed by atoms with Crippen molar-refractivity contribution in [2.75, 3.05) is 6.61 Å². The van der Waals surface area contributed by atoms with Crippen LogP contribution in [0, 0.1) is 52.3 Å². The van der Waals surface area contributed by atoms with Gasteiger partial charge in [-0.05, 0) is 97.2 Å². The highest BCUT2D eigenvalue weighted by Gasteiger charge is 2.64. The fourth-order valence-corrected chi connectivity index (χ4v) is 8.77. The summed E-state index contributed by atoms with van der Waals surface area (Å²) in [5, 5.41) is 42.0. The first kappa shape index (κ1) is 22.8. The lowest BCUT2D eigenvalue weighted by molar-refractivity contribution is -0.180. The van der Waals surface area contributed by atoms with Crippen molar-refractivity contribution in [1.82, 2.24) is 0 Å². The molecule has 0 saturated heterocycles. The molecular formula is C26H44O4. The van der Waals surface area contributed by atoms with Crippen LogP contribution in [-0.4, -0.2) is 45.3 Å². The van der Waals surface area contributed by atoms with Crippen molar-refractivity contribution in [2.45, 2.75) is 91.0 Å². The summed E-state index contributed by atoms with van der Waals surface area (Å²) in [5.41, 5.74) is 0.187. The highest BCUT2D eigenvalue weighted by molar-refractivity contribution is 5.14. The molecule has 0 aliphatic heterocycles. The Morgan fingerprint density at radius 1 is 0.867 bits per heavy atom. The molecule has 4 nitrogen and oxygen atoms in total. The van der Waals surface area contributed by atoms with E-state index in [1.165, 1.54) is 6.42 Å². The molecule has 172 valence electrons. The quantitative estimate of drug-likeness (QED) is 0.522. The minimum Gasteiger partial charge on any atom is -0.396 e. The number of rotatable bonds is 4. The van der Waals surface area contributed by atoms with Crippen LogP contribution in [-0.2, 0) is 0 Å². The topological polar surface area (TPSA) is 80.9 Å². The van der Waals surface area contributed by atoms with Crippen LogP contribution < -0.4 is 0 Å². The molecule has 4 fully saturated rings. The number of fused-ring (bicyclic) bond motifs is 5. The lowest BCUT2D eigenvalue weighted by atomic mass is 9.43. The first-order chi connectivity index (χ1) is 14.1. The van der Waals surface area contributed by atoms with Gasteiger partial charge in [0.15, 0.2) is 0 Å². The Morgan fingerprint density at radius 3 is 2.27 bits per heavy atom. The van der Waals surface area contributed by atoms with Gasteiger partial charge in [0, 0.05) is 6.61 Å². The van der Waals surface area contributed by atoms with E-state index in [9.17, 15) is 20.4 Å². The summed E-state index contributed by atoms with van der Waals surface area (Å²) in [7, 11) is 0. The van der Waals surface area contributed by atoms with Crippen LogP contribution in [0.1, 0.15) is 72.6 Å². The highest BCUT2D eigenvalue weighted by atomic mass is 16.3. The van der Waals surface area contributed by atoms with Gasteiger partial charge in [0.25, 0.3) is 0 Å². The Balaban J connectivity index is 1.59.